The van der Waals surface area contributed by atoms with Crippen molar-refractivity contribution in [2.24, 2.45) is 0 Å². The van der Waals surface area contributed by atoms with Crippen LogP contribution in [0.4, 0.5) is 5.69 Å². The lowest BCUT2D eigenvalue weighted by molar-refractivity contribution is -0.127. The van der Waals surface area contributed by atoms with Crippen LogP contribution in [-0.2, 0) is 20.2 Å². The Bertz CT molecular complexity index is 1430. The van der Waals surface area contributed by atoms with E-state index in [2.05, 4.69) is 32.2 Å². The number of anilines is 1. The summed E-state index contributed by atoms with van der Waals surface area (Å²) in [7, 11) is -2.49. The average Bonchev–Trinajstić information content (AvgIpc) is 2.89. The SMILES string of the molecule is COc1ccc(S(=O)(=O)N2C[C@H](C(=O)NCCOc3cc(C)cc(C)c3)Oc3ccc(C(C)(C)C)cc32)cc1. The van der Waals surface area contributed by atoms with E-state index in [0.717, 1.165) is 22.4 Å². The van der Waals surface area contributed by atoms with E-state index < -0.39 is 22.0 Å². The highest BCUT2D eigenvalue weighted by Gasteiger charge is 2.38. The molecule has 0 saturated heterocycles. The fraction of sp³-hybridized carbons (Fsp3) is 0.367. The number of methoxy groups -OCH3 is 1. The van der Waals surface area contributed by atoms with Gasteiger partial charge >= 0.3 is 0 Å². The Morgan fingerprint density at radius 3 is 2.28 bits per heavy atom. The molecule has 0 fully saturated rings. The summed E-state index contributed by atoms with van der Waals surface area (Å²) in [5.74, 6) is 1.19. The molecule has 1 N–H and O–H groups in total. The summed E-state index contributed by atoms with van der Waals surface area (Å²) in [6, 6.07) is 17.6. The second kappa shape index (κ2) is 11.2. The fourth-order valence-electron chi connectivity index (χ4n) is 4.43. The Kier molecular flexibility index (Phi) is 8.11. The molecule has 1 heterocycles. The molecular weight excluding hydrogens is 516 g/mol. The van der Waals surface area contributed by atoms with Gasteiger partial charge in [0.25, 0.3) is 15.9 Å². The zero-order valence-electron chi connectivity index (χ0n) is 23.3. The highest BCUT2D eigenvalue weighted by Crippen LogP contribution is 2.40. The van der Waals surface area contributed by atoms with Crippen LogP contribution in [0.3, 0.4) is 0 Å². The van der Waals surface area contributed by atoms with Crippen molar-refractivity contribution in [1.82, 2.24) is 5.32 Å². The summed E-state index contributed by atoms with van der Waals surface area (Å²) >= 11 is 0. The Labute approximate surface area is 230 Å². The van der Waals surface area contributed by atoms with Crippen LogP contribution in [0.5, 0.6) is 17.2 Å². The number of fused-ring (bicyclic) bond motifs is 1. The molecular formula is C30H36N2O6S. The first kappa shape index (κ1) is 28.3. The summed E-state index contributed by atoms with van der Waals surface area (Å²) in [6.45, 7) is 10.5. The Hall–Kier alpha value is -3.72. The lowest BCUT2D eigenvalue weighted by Gasteiger charge is -2.36. The third kappa shape index (κ3) is 6.47. The predicted molar refractivity (Wildman–Crippen MR) is 152 cm³/mol. The number of sulfonamides is 1. The van der Waals surface area contributed by atoms with Crippen molar-refractivity contribution in [2.75, 3.05) is 31.1 Å². The molecule has 4 rings (SSSR count). The monoisotopic (exact) mass is 552 g/mol. The van der Waals surface area contributed by atoms with Gasteiger partial charge in [-0.05, 0) is 84.5 Å². The van der Waals surface area contributed by atoms with Gasteiger partial charge in [-0.1, -0.05) is 32.9 Å². The van der Waals surface area contributed by atoms with Crippen LogP contribution in [0.2, 0.25) is 0 Å². The molecule has 1 aliphatic heterocycles. The highest BCUT2D eigenvalue weighted by atomic mass is 32.2. The van der Waals surface area contributed by atoms with Crippen LogP contribution in [-0.4, -0.2) is 47.2 Å². The van der Waals surface area contributed by atoms with E-state index in [0.29, 0.717) is 17.2 Å². The molecule has 39 heavy (non-hydrogen) atoms. The van der Waals surface area contributed by atoms with E-state index in [1.165, 1.54) is 23.5 Å². The van der Waals surface area contributed by atoms with Gasteiger partial charge in [0.15, 0.2) is 6.10 Å². The number of hydrogen-bond donors (Lipinski definition) is 1. The Morgan fingerprint density at radius 1 is 1.00 bits per heavy atom. The lowest BCUT2D eigenvalue weighted by Crippen LogP contribution is -2.51. The maximum atomic E-state index is 13.8. The van der Waals surface area contributed by atoms with E-state index in [4.69, 9.17) is 14.2 Å². The summed E-state index contributed by atoms with van der Waals surface area (Å²) in [4.78, 5) is 13.2. The lowest BCUT2D eigenvalue weighted by atomic mass is 9.86. The highest BCUT2D eigenvalue weighted by molar-refractivity contribution is 7.92. The molecule has 1 aliphatic rings. The van der Waals surface area contributed by atoms with E-state index in [-0.39, 0.29) is 30.0 Å². The van der Waals surface area contributed by atoms with Crippen LogP contribution in [0.1, 0.15) is 37.5 Å². The maximum Gasteiger partial charge on any atom is 0.264 e. The number of benzene rings is 3. The van der Waals surface area contributed by atoms with E-state index in [1.54, 1.807) is 18.2 Å². The van der Waals surface area contributed by atoms with Gasteiger partial charge in [-0.2, -0.15) is 0 Å². The first-order chi connectivity index (χ1) is 18.4. The second-order valence-corrected chi connectivity index (χ2v) is 12.6. The topological polar surface area (TPSA) is 94.2 Å². The van der Waals surface area contributed by atoms with Crippen molar-refractivity contribution < 1.29 is 27.4 Å². The molecule has 3 aromatic carbocycles. The van der Waals surface area contributed by atoms with E-state index >= 15 is 0 Å². The first-order valence-electron chi connectivity index (χ1n) is 12.9. The Balaban J connectivity index is 1.55. The summed E-state index contributed by atoms with van der Waals surface area (Å²) < 4.78 is 45.9. The number of hydrogen-bond acceptors (Lipinski definition) is 6. The molecule has 0 aromatic heterocycles. The molecule has 3 aromatic rings. The van der Waals surface area contributed by atoms with Gasteiger partial charge in [0, 0.05) is 0 Å². The van der Waals surface area contributed by atoms with Crippen molar-refractivity contribution in [3.63, 3.8) is 0 Å². The summed E-state index contributed by atoms with van der Waals surface area (Å²) in [5, 5.41) is 2.82. The van der Waals surface area contributed by atoms with Gasteiger partial charge in [-0.25, -0.2) is 8.42 Å². The van der Waals surface area contributed by atoms with Gasteiger partial charge in [0.1, 0.15) is 23.9 Å². The van der Waals surface area contributed by atoms with E-state index in [9.17, 15) is 13.2 Å². The van der Waals surface area contributed by atoms with Crippen LogP contribution in [0.25, 0.3) is 0 Å². The van der Waals surface area contributed by atoms with Gasteiger partial charge in [0.05, 0.1) is 30.8 Å². The van der Waals surface area contributed by atoms with Gasteiger partial charge in [0.2, 0.25) is 0 Å². The molecule has 0 aliphatic carbocycles. The number of ether oxygens (including phenoxy) is 3. The smallest absolute Gasteiger partial charge is 0.264 e. The predicted octanol–water partition coefficient (Wildman–Crippen LogP) is 4.76. The minimum absolute atomic E-state index is 0.0957. The van der Waals surface area contributed by atoms with Crippen LogP contribution >= 0.6 is 0 Å². The number of amides is 1. The number of aryl methyl sites for hydroxylation is 2. The number of nitrogens with zero attached hydrogens (tertiary/aromatic N) is 1. The molecule has 0 unspecified atom stereocenters. The Morgan fingerprint density at radius 2 is 1.67 bits per heavy atom. The van der Waals surface area contributed by atoms with Crippen molar-refractivity contribution >= 4 is 21.6 Å². The fourth-order valence-corrected chi connectivity index (χ4v) is 5.90. The van der Waals surface area contributed by atoms with Crippen LogP contribution < -0.4 is 23.8 Å². The maximum absolute atomic E-state index is 13.8. The number of nitrogens with one attached hydrogen (secondary N) is 1. The minimum atomic E-state index is -4.01. The summed E-state index contributed by atoms with van der Waals surface area (Å²) in [5.41, 5.74) is 3.33. The third-order valence-electron chi connectivity index (χ3n) is 6.50. The molecule has 8 nitrogen and oxygen atoms in total. The molecule has 1 amide bonds. The molecule has 0 radical (unpaired) electrons. The average molecular weight is 553 g/mol. The number of carbonyl (C=O) groups is 1. The second-order valence-electron chi connectivity index (χ2n) is 10.7. The van der Waals surface area contributed by atoms with Crippen molar-refractivity contribution in [3.05, 3.63) is 77.4 Å². The molecule has 1 atom stereocenters. The van der Waals surface area contributed by atoms with Gasteiger partial charge in [-0.3, -0.25) is 9.10 Å². The van der Waals surface area contributed by atoms with Crippen molar-refractivity contribution in [3.8, 4) is 17.2 Å². The largest absolute Gasteiger partial charge is 0.497 e. The molecule has 0 bridgehead atoms. The molecule has 0 spiro atoms. The number of carbonyl (C=O) groups excluding carboxylic acids is 1. The zero-order valence-corrected chi connectivity index (χ0v) is 24.1. The van der Waals surface area contributed by atoms with E-state index in [1.807, 2.05) is 38.1 Å². The molecule has 208 valence electrons. The standard InChI is InChI=1S/C30H36N2O6S/c1-20-15-21(2)17-24(16-20)37-14-13-31-29(33)28-19-32(39(34,35)25-10-8-23(36-6)9-11-25)26-18-22(30(3,4)5)7-12-27(26)38-28/h7-12,15-18,28H,13-14,19H2,1-6H3,(H,31,33)/t28-/m1/s1. The molecule has 9 heteroatoms. The number of rotatable bonds is 8. The summed E-state index contributed by atoms with van der Waals surface area (Å²) in [6.07, 6.45) is -1.03. The van der Waals surface area contributed by atoms with Gasteiger partial charge < -0.3 is 19.5 Å². The molecule has 0 saturated carbocycles. The van der Waals surface area contributed by atoms with Gasteiger partial charge in [-0.15, -0.1) is 0 Å². The van der Waals surface area contributed by atoms with Crippen LogP contribution in [0.15, 0.2) is 65.6 Å². The third-order valence-corrected chi connectivity index (χ3v) is 8.29. The minimum Gasteiger partial charge on any atom is -0.497 e. The van der Waals surface area contributed by atoms with Crippen molar-refractivity contribution in [1.29, 1.82) is 0 Å². The zero-order chi connectivity index (χ0) is 28.4. The van der Waals surface area contributed by atoms with Crippen molar-refractivity contribution in [2.45, 2.75) is 51.0 Å². The quantitative estimate of drug-likeness (QED) is 0.405. The van der Waals surface area contributed by atoms with Crippen LogP contribution in [0, 0.1) is 13.8 Å². The first-order valence-corrected chi connectivity index (χ1v) is 14.3. The normalized spacial score (nSPS) is 15.2.